The van der Waals surface area contributed by atoms with Gasteiger partial charge in [-0.3, -0.25) is 0 Å². The van der Waals surface area contributed by atoms with Crippen molar-refractivity contribution in [3.05, 3.63) is 0 Å². The van der Waals surface area contributed by atoms with Crippen molar-refractivity contribution in [3.63, 3.8) is 0 Å². The molecule has 1 aliphatic rings. The molecule has 0 amide bonds. The summed E-state index contributed by atoms with van der Waals surface area (Å²) in [5, 5.41) is 3.23. The molecule has 3 heteroatoms. The number of nitrogens with zero attached hydrogens (tertiary/aromatic N) is 1. The Bertz CT molecular complexity index is 145. The van der Waals surface area contributed by atoms with Crippen molar-refractivity contribution >= 4 is 0 Å². The van der Waals surface area contributed by atoms with Gasteiger partial charge in [0.25, 0.3) is 0 Å². The first-order valence-electron chi connectivity index (χ1n) is 6.31. The van der Waals surface area contributed by atoms with Gasteiger partial charge in [-0.1, -0.05) is 0 Å². The fraction of sp³-hybridized carbons (Fsp3) is 1.00. The minimum Gasteiger partial charge on any atom is -0.380 e. The first-order valence-corrected chi connectivity index (χ1v) is 6.31. The molecule has 0 aliphatic carbocycles. The number of hydrogen-bond acceptors (Lipinski definition) is 3. The van der Waals surface area contributed by atoms with Crippen LogP contribution in [0.3, 0.4) is 0 Å². The van der Waals surface area contributed by atoms with Crippen LogP contribution in [0.25, 0.3) is 0 Å². The molecule has 1 saturated heterocycles. The van der Waals surface area contributed by atoms with Gasteiger partial charge in [-0.2, -0.15) is 0 Å². The Morgan fingerprint density at radius 1 is 1.33 bits per heavy atom. The number of ether oxygens (including phenoxy) is 1. The van der Waals surface area contributed by atoms with Crippen LogP contribution < -0.4 is 5.32 Å². The van der Waals surface area contributed by atoms with Crippen molar-refractivity contribution in [1.29, 1.82) is 0 Å². The van der Waals surface area contributed by atoms with Gasteiger partial charge >= 0.3 is 0 Å². The van der Waals surface area contributed by atoms with Gasteiger partial charge in [-0.15, -0.1) is 0 Å². The quantitative estimate of drug-likeness (QED) is 0.647. The van der Waals surface area contributed by atoms with E-state index < -0.39 is 0 Å². The van der Waals surface area contributed by atoms with E-state index in [-0.39, 0.29) is 0 Å². The third kappa shape index (κ3) is 5.50. The Morgan fingerprint density at radius 2 is 2.07 bits per heavy atom. The minimum absolute atomic E-state index is 0.846. The molecule has 0 unspecified atom stereocenters. The molecule has 0 bridgehead atoms. The maximum absolute atomic E-state index is 5.38. The Morgan fingerprint density at radius 3 is 2.67 bits per heavy atom. The summed E-state index contributed by atoms with van der Waals surface area (Å²) in [6.07, 6.45) is 4.08. The predicted molar refractivity (Wildman–Crippen MR) is 64.2 cm³/mol. The molecule has 90 valence electrons. The molecule has 0 saturated carbocycles. The highest BCUT2D eigenvalue weighted by Gasteiger charge is 2.17. The van der Waals surface area contributed by atoms with Gasteiger partial charge in [0.2, 0.25) is 0 Å². The number of nitrogens with one attached hydrogen (secondary N) is 1. The highest BCUT2D eigenvalue weighted by Crippen LogP contribution is 2.19. The summed E-state index contributed by atoms with van der Waals surface area (Å²) in [5.41, 5.74) is 0. The van der Waals surface area contributed by atoms with Crippen molar-refractivity contribution in [3.8, 4) is 0 Å². The lowest BCUT2D eigenvalue weighted by Gasteiger charge is -2.31. The molecule has 0 atom stereocenters. The van der Waals surface area contributed by atoms with Crippen LogP contribution in [-0.2, 0) is 4.74 Å². The molecule has 0 aromatic rings. The molecule has 0 radical (unpaired) electrons. The molecular weight excluding hydrogens is 188 g/mol. The van der Waals surface area contributed by atoms with Crippen LogP contribution in [0.5, 0.6) is 0 Å². The second-order valence-electron chi connectivity index (χ2n) is 4.37. The molecule has 1 heterocycles. The lowest BCUT2D eigenvalue weighted by Crippen LogP contribution is -2.36. The summed E-state index contributed by atoms with van der Waals surface area (Å²) in [4.78, 5) is 2.53. The summed E-state index contributed by atoms with van der Waals surface area (Å²) in [7, 11) is 2.04. The van der Waals surface area contributed by atoms with Crippen molar-refractivity contribution in [2.24, 2.45) is 5.92 Å². The average Bonchev–Trinajstić information content (AvgIpc) is 2.28. The Hall–Kier alpha value is -0.120. The number of piperidine rings is 1. The van der Waals surface area contributed by atoms with Crippen LogP contribution in [0.4, 0.5) is 0 Å². The summed E-state index contributed by atoms with van der Waals surface area (Å²) in [6.45, 7) is 8.62. The van der Waals surface area contributed by atoms with Gasteiger partial charge < -0.3 is 15.0 Å². The second-order valence-corrected chi connectivity index (χ2v) is 4.37. The molecule has 1 aliphatic heterocycles. The third-order valence-corrected chi connectivity index (χ3v) is 3.27. The lowest BCUT2D eigenvalue weighted by atomic mass is 9.93. The van der Waals surface area contributed by atoms with Crippen LogP contribution >= 0.6 is 0 Å². The van der Waals surface area contributed by atoms with E-state index in [1.807, 2.05) is 7.05 Å². The summed E-state index contributed by atoms with van der Waals surface area (Å²) in [6, 6.07) is 0. The minimum atomic E-state index is 0.846. The topological polar surface area (TPSA) is 24.5 Å². The Balaban J connectivity index is 2.02. The molecule has 1 N–H and O–H groups in total. The molecule has 1 fully saturated rings. The maximum Gasteiger partial charge on any atom is 0.0593 e. The zero-order valence-corrected chi connectivity index (χ0v) is 10.3. The highest BCUT2D eigenvalue weighted by molar-refractivity contribution is 4.72. The van der Waals surface area contributed by atoms with Gasteiger partial charge in [0.05, 0.1) is 6.61 Å². The smallest absolute Gasteiger partial charge is 0.0593 e. The molecule has 1 rings (SSSR count). The van der Waals surface area contributed by atoms with E-state index in [1.165, 1.54) is 38.9 Å². The van der Waals surface area contributed by atoms with Crippen LogP contribution in [0.15, 0.2) is 0 Å². The molecule has 0 aromatic carbocycles. The van der Waals surface area contributed by atoms with Crippen LogP contribution in [-0.4, -0.2) is 51.3 Å². The SMILES string of the molecule is CCOCCN1CCC(CCNC)CC1. The fourth-order valence-electron chi connectivity index (χ4n) is 2.19. The highest BCUT2D eigenvalue weighted by atomic mass is 16.5. The van der Waals surface area contributed by atoms with Crippen molar-refractivity contribution in [1.82, 2.24) is 10.2 Å². The van der Waals surface area contributed by atoms with Crippen molar-refractivity contribution < 1.29 is 4.74 Å². The van der Waals surface area contributed by atoms with Gasteiger partial charge in [-0.25, -0.2) is 0 Å². The van der Waals surface area contributed by atoms with Crippen molar-refractivity contribution in [2.75, 3.05) is 46.4 Å². The molecular formula is C12H26N2O. The van der Waals surface area contributed by atoms with E-state index in [0.29, 0.717) is 0 Å². The monoisotopic (exact) mass is 214 g/mol. The van der Waals surface area contributed by atoms with Gasteiger partial charge in [-0.05, 0) is 58.8 Å². The van der Waals surface area contributed by atoms with E-state index in [9.17, 15) is 0 Å². The molecule has 3 nitrogen and oxygen atoms in total. The van der Waals surface area contributed by atoms with E-state index in [0.717, 1.165) is 25.7 Å². The van der Waals surface area contributed by atoms with E-state index in [2.05, 4.69) is 17.1 Å². The third-order valence-electron chi connectivity index (χ3n) is 3.27. The Labute approximate surface area is 94.2 Å². The standard InChI is InChI=1S/C12H26N2O/c1-3-15-11-10-14-8-5-12(6-9-14)4-7-13-2/h12-13H,3-11H2,1-2H3. The molecule has 0 aromatic heterocycles. The van der Waals surface area contributed by atoms with Gasteiger partial charge in [0, 0.05) is 13.2 Å². The van der Waals surface area contributed by atoms with Gasteiger partial charge in [0.1, 0.15) is 0 Å². The van der Waals surface area contributed by atoms with E-state index in [4.69, 9.17) is 4.74 Å². The summed E-state index contributed by atoms with van der Waals surface area (Å²) >= 11 is 0. The van der Waals surface area contributed by atoms with Crippen LogP contribution in [0.2, 0.25) is 0 Å². The molecule has 0 spiro atoms. The summed E-state index contributed by atoms with van der Waals surface area (Å²) < 4.78 is 5.38. The van der Waals surface area contributed by atoms with Gasteiger partial charge in [0.15, 0.2) is 0 Å². The van der Waals surface area contributed by atoms with Crippen LogP contribution in [0, 0.1) is 5.92 Å². The first kappa shape index (κ1) is 12.9. The Kier molecular flexibility index (Phi) is 6.98. The molecule has 15 heavy (non-hydrogen) atoms. The normalized spacial score (nSPS) is 19.6. The first-order chi connectivity index (χ1) is 7.36. The number of likely N-dealkylation sites (tertiary alicyclic amines) is 1. The maximum atomic E-state index is 5.38. The summed E-state index contributed by atoms with van der Waals surface area (Å²) in [5.74, 6) is 0.945. The average molecular weight is 214 g/mol. The lowest BCUT2D eigenvalue weighted by molar-refractivity contribution is 0.0947. The fourth-order valence-corrected chi connectivity index (χ4v) is 2.19. The second kappa shape index (κ2) is 8.08. The van der Waals surface area contributed by atoms with Crippen molar-refractivity contribution in [2.45, 2.75) is 26.2 Å². The van der Waals surface area contributed by atoms with E-state index in [1.54, 1.807) is 0 Å². The number of rotatable bonds is 7. The van der Waals surface area contributed by atoms with E-state index >= 15 is 0 Å². The zero-order chi connectivity index (χ0) is 10.9. The predicted octanol–water partition coefficient (Wildman–Crippen LogP) is 1.34. The largest absolute Gasteiger partial charge is 0.380 e. The van der Waals surface area contributed by atoms with Crippen LogP contribution in [0.1, 0.15) is 26.2 Å². The zero-order valence-electron chi connectivity index (χ0n) is 10.3. The number of hydrogen-bond donors (Lipinski definition) is 1.